The zero-order valence-electron chi connectivity index (χ0n) is 15.7. The average molecular weight is 430 g/mol. The van der Waals surface area contributed by atoms with Crippen LogP contribution in [0.4, 0.5) is 4.39 Å². The molecule has 0 atom stereocenters. The molecule has 0 fully saturated rings. The van der Waals surface area contributed by atoms with Crippen LogP contribution in [0.3, 0.4) is 0 Å². The Morgan fingerprint density at radius 2 is 1.66 bits per heavy atom. The van der Waals surface area contributed by atoms with Crippen molar-refractivity contribution in [2.75, 3.05) is 12.3 Å². The fraction of sp³-hybridized carbons (Fsp3) is 0.174. The Kier molecular flexibility index (Phi) is 7.96. The lowest BCUT2D eigenvalue weighted by Crippen LogP contribution is -2.25. The van der Waals surface area contributed by atoms with Crippen molar-refractivity contribution in [1.29, 1.82) is 0 Å². The summed E-state index contributed by atoms with van der Waals surface area (Å²) in [5.74, 6) is 1.62. The van der Waals surface area contributed by atoms with Crippen LogP contribution in [-0.2, 0) is 12.4 Å². The van der Waals surface area contributed by atoms with Gasteiger partial charge in [-0.3, -0.25) is 4.79 Å². The second-order valence-corrected chi connectivity index (χ2v) is 7.82. The van der Waals surface area contributed by atoms with Crippen LogP contribution in [0.2, 0.25) is 5.02 Å². The van der Waals surface area contributed by atoms with Gasteiger partial charge in [-0.15, -0.1) is 0 Å². The quantitative estimate of drug-likeness (QED) is 0.442. The number of carbonyl (C=O) groups is 1. The first kappa shape index (κ1) is 21.2. The second kappa shape index (κ2) is 10.9. The van der Waals surface area contributed by atoms with Gasteiger partial charge in [0.25, 0.3) is 5.91 Å². The first-order valence-electron chi connectivity index (χ1n) is 9.19. The number of amides is 1. The number of rotatable bonds is 9. The molecule has 3 rings (SSSR count). The molecule has 150 valence electrons. The Hall–Kier alpha value is -2.50. The largest absolute Gasteiger partial charge is 0.489 e. The SMILES string of the molecule is O=C(NCCSCc1ccccc1F)c1ccc(OCc2ccccc2Cl)cc1. The van der Waals surface area contributed by atoms with Crippen molar-refractivity contribution >= 4 is 29.3 Å². The van der Waals surface area contributed by atoms with Gasteiger partial charge in [0.1, 0.15) is 18.2 Å². The Morgan fingerprint density at radius 1 is 0.966 bits per heavy atom. The van der Waals surface area contributed by atoms with Crippen LogP contribution in [0.15, 0.2) is 72.8 Å². The highest BCUT2D eigenvalue weighted by Gasteiger charge is 2.06. The normalized spacial score (nSPS) is 10.6. The van der Waals surface area contributed by atoms with Crippen LogP contribution in [0.1, 0.15) is 21.5 Å². The zero-order chi connectivity index (χ0) is 20.5. The second-order valence-electron chi connectivity index (χ2n) is 6.30. The van der Waals surface area contributed by atoms with Gasteiger partial charge in [0.15, 0.2) is 0 Å². The Balaban J connectivity index is 1.39. The fourth-order valence-electron chi connectivity index (χ4n) is 2.62. The molecule has 3 aromatic carbocycles. The molecule has 0 aromatic heterocycles. The van der Waals surface area contributed by atoms with Crippen LogP contribution in [0.5, 0.6) is 5.75 Å². The van der Waals surface area contributed by atoms with Gasteiger partial charge in [-0.1, -0.05) is 48.0 Å². The summed E-state index contributed by atoms with van der Waals surface area (Å²) < 4.78 is 19.3. The molecule has 1 amide bonds. The van der Waals surface area contributed by atoms with E-state index in [1.807, 2.05) is 30.3 Å². The van der Waals surface area contributed by atoms with Crippen LogP contribution >= 0.6 is 23.4 Å². The van der Waals surface area contributed by atoms with E-state index in [0.717, 1.165) is 5.56 Å². The number of thioether (sulfide) groups is 1. The maximum absolute atomic E-state index is 13.6. The van der Waals surface area contributed by atoms with Crippen molar-refractivity contribution in [2.45, 2.75) is 12.4 Å². The molecule has 3 nitrogen and oxygen atoms in total. The molecule has 0 unspecified atom stereocenters. The molecule has 0 radical (unpaired) electrons. The predicted molar refractivity (Wildman–Crippen MR) is 117 cm³/mol. The van der Waals surface area contributed by atoms with E-state index >= 15 is 0 Å². The van der Waals surface area contributed by atoms with Gasteiger partial charge < -0.3 is 10.1 Å². The lowest BCUT2D eigenvalue weighted by molar-refractivity contribution is 0.0956. The standard InChI is InChI=1S/C23H21ClFNO2S/c24-21-7-3-1-5-18(21)15-28-20-11-9-17(10-12-20)23(27)26-13-14-29-16-19-6-2-4-8-22(19)25/h1-12H,13-16H2,(H,26,27). The molecule has 29 heavy (non-hydrogen) atoms. The number of nitrogens with one attached hydrogen (secondary N) is 1. The third-order valence-corrected chi connectivity index (χ3v) is 5.59. The van der Waals surface area contributed by atoms with Crippen molar-refractivity contribution in [1.82, 2.24) is 5.32 Å². The van der Waals surface area contributed by atoms with Gasteiger partial charge in [0.05, 0.1) is 0 Å². The smallest absolute Gasteiger partial charge is 0.251 e. The molecular formula is C23H21ClFNO2S. The molecule has 0 spiro atoms. The summed E-state index contributed by atoms with van der Waals surface area (Å²) in [6.07, 6.45) is 0. The summed E-state index contributed by atoms with van der Waals surface area (Å²) in [6.45, 7) is 0.882. The summed E-state index contributed by atoms with van der Waals surface area (Å²) in [5.41, 5.74) is 2.15. The summed E-state index contributed by atoms with van der Waals surface area (Å²) in [7, 11) is 0. The van der Waals surface area contributed by atoms with Crippen LogP contribution < -0.4 is 10.1 Å². The molecule has 0 heterocycles. The number of benzene rings is 3. The predicted octanol–water partition coefficient (Wildman–Crippen LogP) is 5.72. The molecule has 6 heteroatoms. The van der Waals surface area contributed by atoms with Gasteiger partial charge in [0.2, 0.25) is 0 Å². The molecule has 1 N–H and O–H groups in total. The third-order valence-electron chi connectivity index (χ3n) is 4.22. The van der Waals surface area contributed by atoms with Crippen molar-refractivity contribution in [3.8, 4) is 5.75 Å². The zero-order valence-corrected chi connectivity index (χ0v) is 17.3. The maximum atomic E-state index is 13.6. The number of halogens is 2. The molecule has 0 aliphatic rings. The maximum Gasteiger partial charge on any atom is 0.251 e. The molecule has 0 saturated carbocycles. The van der Waals surface area contributed by atoms with Crippen LogP contribution in [0.25, 0.3) is 0 Å². The third kappa shape index (κ3) is 6.51. The number of hydrogen-bond acceptors (Lipinski definition) is 3. The van der Waals surface area contributed by atoms with E-state index in [1.165, 1.54) is 6.07 Å². The van der Waals surface area contributed by atoms with Gasteiger partial charge in [0, 0.05) is 34.2 Å². The topological polar surface area (TPSA) is 38.3 Å². The van der Waals surface area contributed by atoms with E-state index in [9.17, 15) is 9.18 Å². The van der Waals surface area contributed by atoms with E-state index in [0.29, 0.717) is 46.6 Å². The van der Waals surface area contributed by atoms with E-state index < -0.39 is 0 Å². The Labute approximate surface area is 179 Å². The highest BCUT2D eigenvalue weighted by Crippen LogP contribution is 2.19. The van der Waals surface area contributed by atoms with Crippen LogP contribution in [-0.4, -0.2) is 18.2 Å². The number of hydrogen-bond donors (Lipinski definition) is 1. The summed E-state index contributed by atoms with van der Waals surface area (Å²) in [5, 5.41) is 3.54. The Bertz CT molecular complexity index is 950. The van der Waals surface area contributed by atoms with E-state index in [2.05, 4.69) is 5.32 Å². The minimum absolute atomic E-state index is 0.144. The average Bonchev–Trinajstić information content (AvgIpc) is 2.74. The number of ether oxygens (including phenoxy) is 1. The molecule has 3 aromatic rings. The van der Waals surface area contributed by atoms with E-state index in [1.54, 1.807) is 48.2 Å². The van der Waals surface area contributed by atoms with Gasteiger partial charge >= 0.3 is 0 Å². The summed E-state index contributed by atoms with van der Waals surface area (Å²) in [6, 6.07) is 21.2. The van der Waals surface area contributed by atoms with Gasteiger partial charge in [-0.05, 0) is 42.0 Å². The molecule has 0 saturated heterocycles. The van der Waals surface area contributed by atoms with Crippen molar-refractivity contribution in [3.63, 3.8) is 0 Å². The lowest BCUT2D eigenvalue weighted by Gasteiger charge is -2.09. The lowest BCUT2D eigenvalue weighted by atomic mass is 10.2. The molecular weight excluding hydrogens is 409 g/mol. The minimum atomic E-state index is -0.194. The molecule has 0 bridgehead atoms. The summed E-state index contributed by atoms with van der Waals surface area (Å²) in [4.78, 5) is 12.2. The molecule has 0 aliphatic carbocycles. The molecule has 0 aliphatic heterocycles. The first-order chi connectivity index (χ1) is 14.1. The highest BCUT2D eigenvalue weighted by atomic mass is 35.5. The van der Waals surface area contributed by atoms with Crippen LogP contribution in [0, 0.1) is 5.82 Å². The fourth-order valence-corrected chi connectivity index (χ4v) is 3.65. The van der Waals surface area contributed by atoms with Crippen molar-refractivity contribution in [2.24, 2.45) is 0 Å². The highest BCUT2D eigenvalue weighted by molar-refractivity contribution is 7.98. The van der Waals surface area contributed by atoms with Gasteiger partial charge in [-0.2, -0.15) is 11.8 Å². The van der Waals surface area contributed by atoms with Crippen molar-refractivity contribution < 1.29 is 13.9 Å². The van der Waals surface area contributed by atoms with E-state index in [-0.39, 0.29) is 11.7 Å². The monoisotopic (exact) mass is 429 g/mol. The number of carbonyl (C=O) groups excluding carboxylic acids is 1. The van der Waals surface area contributed by atoms with E-state index in [4.69, 9.17) is 16.3 Å². The van der Waals surface area contributed by atoms with Gasteiger partial charge in [-0.25, -0.2) is 4.39 Å². The summed E-state index contributed by atoms with van der Waals surface area (Å²) >= 11 is 7.70. The minimum Gasteiger partial charge on any atom is -0.489 e. The van der Waals surface area contributed by atoms with Crippen molar-refractivity contribution in [3.05, 3.63) is 100 Å². The first-order valence-corrected chi connectivity index (χ1v) is 10.7. The Morgan fingerprint density at radius 3 is 2.38 bits per heavy atom.